The first-order valence-electron chi connectivity index (χ1n) is 3.59. The Hall–Kier alpha value is -0.690. The Morgan fingerprint density at radius 1 is 1.45 bits per heavy atom. The van der Waals surface area contributed by atoms with E-state index < -0.39 is 0 Å². The minimum Gasteiger partial charge on any atom is -0.508 e. The zero-order valence-corrected chi connectivity index (χ0v) is 7.60. The fraction of sp³-hybridized carbons (Fsp3) is 0.333. The van der Waals surface area contributed by atoms with Crippen molar-refractivity contribution in [2.75, 3.05) is 0 Å². The quantitative estimate of drug-likeness (QED) is 0.510. The van der Waals surface area contributed by atoms with Crippen LogP contribution >= 0.6 is 11.6 Å². The van der Waals surface area contributed by atoms with E-state index in [-0.39, 0.29) is 5.76 Å². The summed E-state index contributed by atoms with van der Waals surface area (Å²) < 4.78 is 0. The minimum atomic E-state index is 0.257. The molecule has 0 fully saturated rings. The van der Waals surface area contributed by atoms with E-state index in [0.717, 1.165) is 6.42 Å². The van der Waals surface area contributed by atoms with Gasteiger partial charge in [-0.05, 0) is 31.6 Å². The maximum Gasteiger partial charge on any atom is 0.111 e. The maximum absolute atomic E-state index is 9.08. The summed E-state index contributed by atoms with van der Waals surface area (Å²) in [5.74, 6) is 0.257. The van der Waals surface area contributed by atoms with E-state index in [2.05, 4.69) is 0 Å². The first-order chi connectivity index (χ1) is 5.20. The fourth-order valence-electron chi connectivity index (χ4n) is 0.538. The zero-order chi connectivity index (χ0) is 8.69. The lowest BCUT2D eigenvalue weighted by atomic mass is 10.3. The van der Waals surface area contributed by atoms with E-state index in [1.807, 2.05) is 13.8 Å². The Morgan fingerprint density at radius 2 is 2.09 bits per heavy atom. The van der Waals surface area contributed by atoms with E-state index in [4.69, 9.17) is 16.7 Å². The molecule has 0 aromatic heterocycles. The summed E-state index contributed by atoms with van der Waals surface area (Å²) in [5.41, 5.74) is 0. The second-order valence-corrected chi connectivity index (χ2v) is 2.48. The van der Waals surface area contributed by atoms with Crippen molar-refractivity contribution >= 4 is 11.6 Å². The largest absolute Gasteiger partial charge is 0.508 e. The Morgan fingerprint density at radius 3 is 2.55 bits per heavy atom. The van der Waals surface area contributed by atoms with Crippen molar-refractivity contribution in [1.29, 1.82) is 0 Å². The second kappa shape index (κ2) is 6.05. The molecule has 0 radical (unpaired) electrons. The van der Waals surface area contributed by atoms with Gasteiger partial charge in [0.2, 0.25) is 0 Å². The van der Waals surface area contributed by atoms with E-state index in [0.29, 0.717) is 5.03 Å². The van der Waals surface area contributed by atoms with Crippen LogP contribution < -0.4 is 0 Å². The monoisotopic (exact) mass is 172 g/mol. The maximum atomic E-state index is 9.08. The summed E-state index contributed by atoms with van der Waals surface area (Å²) in [6.07, 6.45) is 7.53. The molecule has 0 unspecified atom stereocenters. The summed E-state index contributed by atoms with van der Waals surface area (Å²) in [5, 5.41) is 9.71. The van der Waals surface area contributed by atoms with Crippen LogP contribution in [-0.4, -0.2) is 5.11 Å². The summed E-state index contributed by atoms with van der Waals surface area (Å²) >= 11 is 5.65. The Balaban J connectivity index is 4.03. The SMILES string of the molecule is C\C=C(Cl)/C=C\C(O)=C\CC. The lowest BCUT2D eigenvalue weighted by Crippen LogP contribution is -1.72. The van der Waals surface area contributed by atoms with Gasteiger partial charge in [-0.25, -0.2) is 0 Å². The highest BCUT2D eigenvalue weighted by Crippen LogP contribution is 2.04. The molecular weight excluding hydrogens is 160 g/mol. The number of aliphatic hydroxyl groups is 1. The van der Waals surface area contributed by atoms with Gasteiger partial charge in [0.15, 0.2) is 0 Å². The third-order valence-corrected chi connectivity index (χ3v) is 1.45. The van der Waals surface area contributed by atoms with Gasteiger partial charge >= 0.3 is 0 Å². The van der Waals surface area contributed by atoms with Crippen LogP contribution in [0.4, 0.5) is 0 Å². The highest BCUT2D eigenvalue weighted by molar-refractivity contribution is 6.31. The molecule has 2 heteroatoms. The van der Waals surface area contributed by atoms with Gasteiger partial charge in [0.05, 0.1) is 0 Å². The van der Waals surface area contributed by atoms with Crippen LogP contribution in [0.5, 0.6) is 0 Å². The number of aliphatic hydroxyl groups excluding tert-OH is 1. The fourth-order valence-corrected chi connectivity index (χ4v) is 0.601. The third-order valence-electron chi connectivity index (χ3n) is 1.10. The Bertz CT molecular complexity index is 190. The summed E-state index contributed by atoms with van der Waals surface area (Å²) in [4.78, 5) is 0. The van der Waals surface area contributed by atoms with Crippen LogP contribution in [0.2, 0.25) is 0 Å². The van der Waals surface area contributed by atoms with Crippen molar-refractivity contribution in [1.82, 2.24) is 0 Å². The topological polar surface area (TPSA) is 20.2 Å². The van der Waals surface area contributed by atoms with Gasteiger partial charge in [0.25, 0.3) is 0 Å². The molecule has 0 heterocycles. The molecule has 0 saturated heterocycles. The first kappa shape index (κ1) is 10.3. The highest BCUT2D eigenvalue weighted by atomic mass is 35.5. The van der Waals surface area contributed by atoms with Crippen LogP contribution in [-0.2, 0) is 0 Å². The molecule has 1 N–H and O–H groups in total. The van der Waals surface area contributed by atoms with Gasteiger partial charge in [0, 0.05) is 5.03 Å². The van der Waals surface area contributed by atoms with Crippen molar-refractivity contribution in [3.63, 3.8) is 0 Å². The summed E-state index contributed by atoms with van der Waals surface area (Å²) in [7, 11) is 0. The van der Waals surface area contributed by atoms with Crippen LogP contribution in [0.1, 0.15) is 20.3 Å². The average molecular weight is 173 g/mol. The number of hydrogen-bond donors (Lipinski definition) is 1. The van der Waals surface area contributed by atoms with Crippen molar-refractivity contribution in [2.45, 2.75) is 20.3 Å². The van der Waals surface area contributed by atoms with E-state index >= 15 is 0 Å². The normalized spacial score (nSPS) is 14.5. The molecular formula is C9H13ClO. The second-order valence-electron chi connectivity index (χ2n) is 2.04. The van der Waals surface area contributed by atoms with E-state index in [1.54, 1.807) is 24.3 Å². The molecule has 0 saturated carbocycles. The van der Waals surface area contributed by atoms with E-state index in [9.17, 15) is 0 Å². The molecule has 0 aliphatic heterocycles. The molecule has 0 aromatic carbocycles. The smallest absolute Gasteiger partial charge is 0.111 e. The summed E-state index contributed by atoms with van der Waals surface area (Å²) in [6, 6.07) is 0. The van der Waals surface area contributed by atoms with E-state index in [1.165, 1.54) is 0 Å². The molecule has 11 heavy (non-hydrogen) atoms. The molecule has 0 spiro atoms. The third kappa shape index (κ3) is 5.74. The minimum absolute atomic E-state index is 0.257. The van der Waals surface area contributed by atoms with Crippen LogP contribution in [0.3, 0.4) is 0 Å². The van der Waals surface area contributed by atoms with Gasteiger partial charge in [0.1, 0.15) is 5.76 Å². The molecule has 62 valence electrons. The standard InChI is InChI=1S/C9H13ClO/c1-3-5-9(11)7-6-8(10)4-2/h4-7,11H,3H2,1-2H3/b7-6-,8-4+,9-5-. The predicted octanol–water partition coefficient (Wildman–Crippen LogP) is 3.54. The predicted molar refractivity (Wildman–Crippen MR) is 49.8 cm³/mol. The molecule has 0 atom stereocenters. The molecule has 0 amide bonds. The van der Waals surface area contributed by atoms with Crippen LogP contribution in [0.25, 0.3) is 0 Å². The van der Waals surface area contributed by atoms with Gasteiger partial charge < -0.3 is 5.11 Å². The molecule has 0 rings (SSSR count). The molecule has 0 aliphatic rings. The number of allylic oxidation sites excluding steroid dienone is 5. The molecule has 1 nitrogen and oxygen atoms in total. The average Bonchev–Trinajstić information content (AvgIpc) is 2.01. The Labute approximate surface area is 72.7 Å². The number of rotatable bonds is 3. The van der Waals surface area contributed by atoms with Crippen LogP contribution in [0, 0.1) is 0 Å². The Kier molecular flexibility index (Phi) is 5.67. The van der Waals surface area contributed by atoms with Crippen LogP contribution in [0.15, 0.2) is 35.1 Å². The van der Waals surface area contributed by atoms with Gasteiger partial charge in [-0.3, -0.25) is 0 Å². The lowest BCUT2D eigenvalue weighted by Gasteiger charge is -1.88. The van der Waals surface area contributed by atoms with Gasteiger partial charge in [-0.1, -0.05) is 24.6 Å². The zero-order valence-electron chi connectivity index (χ0n) is 6.84. The first-order valence-corrected chi connectivity index (χ1v) is 3.97. The molecule has 0 aliphatic carbocycles. The molecule has 0 aromatic rings. The lowest BCUT2D eigenvalue weighted by molar-refractivity contribution is 0.430. The summed E-state index contributed by atoms with van der Waals surface area (Å²) in [6.45, 7) is 3.80. The number of halogens is 1. The van der Waals surface area contributed by atoms with Crippen molar-refractivity contribution in [2.24, 2.45) is 0 Å². The van der Waals surface area contributed by atoms with Gasteiger partial charge in [-0.2, -0.15) is 0 Å². The highest BCUT2D eigenvalue weighted by Gasteiger charge is 1.83. The van der Waals surface area contributed by atoms with Crippen molar-refractivity contribution < 1.29 is 5.11 Å². The van der Waals surface area contributed by atoms with Gasteiger partial charge in [-0.15, -0.1) is 0 Å². The van der Waals surface area contributed by atoms with Crippen molar-refractivity contribution in [3.05, 3.63) is 35.1 Å². The van der Waals surface area contributed by atoms with Crippen molar-refractivity contribution in [3.8, 4) is 0 Å². The molecule has 0 bridgehead atoms. The number of hydrogen-bond acceptors (Lipinski definition) is 1.